The van der Waals surface area contributed by atoms with Crippen LogP contribution in [0.2, 0.25) is 0 Å². The lowest BCUT2D eigenvalue weighted by Gasteiger charge is -2.09. The second-order valence-electron chi connectivity index (χ2n) is 6.36. The van der Waals surface area contributed by atoms with Gasteiger partial charge in [-0.2, -0.15) is 0 Å². The van der Waals surface area contributed by atoms with Crippen LogP contribution in [-0.2, 0) is 5.75 Å². The minimum absolute atomic E-state index is 0.205. The first-order valence-electron chi connectivity index (χ1n) is 8.92. The van der Waals surface area contributed by atoms with Gasteiger partial charge in [0.1, 0.15) is 10.8 Å². The molecule has 4 rings (SSSR count). The van der Waals surface area contributed by atoms with Crippen molar-refractivity contribution in [2.75, 3.05) is 5.32 Å². The Kier molecular flexibility index (Phi) is 5.73. The van der Waals surface area contributed by atoms with Gasteiger partial charge in [-0.25, -0.2) is 9.97 Å². The van der Waals surface area contributed by atoms with Crippen LogP contribution in [0.1, 0.15) is 26.8 Å². The van der Waals surface area contributed by atoms with E-state index >= 15 is 0 Å². The monoisotopic (exact) mass is 422 g/mol. The van der Waals surface area contributed by atoms with Gasteiger partial charge in [-0.1, -0.05) is 29.1 Å². The summed E-state index contributed by atoms with van der Waals surface area (Å²) >= 11 is 3.05. The van der Waals surface area contributed by atoms with E-state index in [4.69, 9.17) is 4.52 Å². The fourth-order valence-electron chi connectivity index (χ4n) is 2.76. The van der Waals surface area contributed by atoms with Gasteiger partial charge >= 0.3 is 0 Å². The van der Waals surface area contributed by atoms with Gasteiger partial charge in [-0.05, 0) is 38.1 Å². The van der Waals surface area contributed by atoms with Crippen molar-refractivity contribution in [1.29, 1.82) is 0 Å². The van der Waals surface area contributed by atoms with Crippen molar-refractivity contribution >= 4 is 34.7 Å². The van der Waals surface area contributed by atoms with Gasteiger partial charge in [-0.15, -0.1) is 11.3 Å². The van der Waals surface area contributed by atoms with E-state index in [1.165, 1.54) is 11.8 Å². The number of benzene rings is 1. The maximum absolute atomic E-state index is 12.9. The van der Waals surface area contributed by atoms with Crippen LogP contribution in [-0.4, -0.2) is 21.0 Å². The van der Waals surface area contributed by atoms with Gasteiger partial charge in [0, 0.05) is 34.6 Å². The quantitative estimate of drug-likeness (QED) is 0.422. The van der Waals surface area contributed by atoms with Crippen LogP contribution in [0.5, 0.6) is 0 Å². The molecule has 0 saturated carbocycles. The number of anilines is 1. The largest absolute Gasteiger partial charge is 0.361 e. The Hall–Kier alpha value is -2.97. The number of carbonyl (C=O) groups is 1. The fraction of sp³-hybridized carbons (Fsp3) is 0.143. The highest BCUT2D eigenvalue weighted by atomic mass is 32.2. The number of hydrogen-bond acceptors (Lipinski definition) is 7. The molecule has 0 fully saturated rings. The fourth-order valence-corrected chi connectivity index (χ4v) is 4.25. The van der Waals surface area contributed by atoms with E-state index in [0.717, 1.165) is 27.7 Å². The maximum Gasteiger partial charge on any atom is 0.258 e. The lowest BCUT2D eigenvalue weighted by molar-refractivity contribution is 0.102. The normalized spacial score (nSPS) is 10.8. The van der Waals surface area contributed by atoms with Crippen LogP contribution in [0.15, 0.2) is 63.6 Å². The third-order valence-electron chi connectivity index (χ3n) is 4.08. The van der Waals surface area contributed by atoms with Crippen LogP contribution >= 0.6 is 23.1 Å². The molecule has 146 valence electrons. The predicted octanol–water partition coefficient (Wildman–Crippen LogP) is 5.35. The summed E-state index contributed by atoms with van der Waals surface area (Å²) in [6.45, 7) is 3.82. The topological polar surface area (TPSA) is 80.9 Å². The summed E-state index contributed by atoms with van der Waals surface area (Å²) in [6, 6.07) is 13.1. The summed E-state index contributed by atoms with van der Waals surface area (Å²) in [5.41, 5.74) is 3.92. The van der Waals surface area contributed by atoms with E-state index in [1.807, 2.05) is 49.6 Å². The highest BCUT2D eigenvalue weighted by Gasteiger charge is 2.14. The molecule has 0 unspecified atom stereocenters. The molecule has 6 nitrogen and oxygen atoms in total. The zero-order valence-corrected chi connectivity index (χ0v) is 17.5. The van der Waals surface area contributed by atoms with Crippen LogP contribution in [0.4, 0.5) is 5.69 Å². The Labute approximate surface area is 176 Å². The van der Waals surface area contributed by atoms with Crippen molar-refractivity contribution in [2.45, 2.75) is 24.6 Å². The molecule has 0 saturated heterocycles. The number of aromatic nitrogens is 3. The minimum atomic E-state index is -0.205. The summed E-state index contributed by atoms with van der Waals surface area (Å²) in [4.78, 5) is 21.8. The predicted molar refractivity (Wildman–Crippen MR) is 115 cm³/mol. The second kappa shape index (κ2) is 8.59. The molecule has 1 aromatic carbocycles. The van der Waals surface area contributed by atoms with Crippen LogP contribution in [0, 0.1) is 13.8 Å². The molecule has 29 heavy (non-hydrogen) atoms. The number of nitrogens with one attached hydrogen (secondary N) is 1. The van der Waals surface area contributed by atoms with Gasteiger partial charge in [-0.3, -0.25) is 4.79 Å². The van der Waals surface area contributed by atoms with Gasteiger partial charge in [0.05, 0.1) is 22.0 Å². The summed E-state index contributed by atoms with van der Waals surface area (Å²) in [5, 5.41) is 10.6. The number of nitrogens with zero attached hydrogens (tertiary/aromatic N) is 3. The number of amides is 1. The van der Waals surface area contributed by atoms with Crippen molar-refractivity contribution in [1.82, 2.24) is 15.1 Å². The number of thioether (sulfide) groups is 1. The van der Waals surface area contributed by atoms with Crippen molar-refractivity contribution in [3.63, 3.8) is 0 Å². The summed E-state index contributed by atoms with van der Waals surface area (Å²) in [5.74, 6) is 1.13. The lowest BCUT2D eigenvalue weighted by atomic mass is 10.1. The molecule has 1 amide bonds. The molecule has 0 aliphatic rings. The van der Waals surface area contributed by atoms with Gasteiger partial charge in [0.15, 0.2) is 0 Å². The zero-order chi connectivity index (χ0) is 20.2. The zero-order valence-electron chi connectivity index (χ0n) is 15.9. The Morgan fingerprint density at radius 2 is 2.10 bits per heavy atom. The first kappa shape index (κ1) is 19.4. The molecule has 0 spiro atoms. The van der Waals surface area contributed by atoms with Crippen molar-refractivity contribution in [2.24, 2.45) is 0 Å². The minimum Gasteiger partial charge on any atom is -0.361 e. The number of thiazole rings is 1. The molecule has 8 heteroatoms. The van der Waals surface area contributed by atoms with Crippen LogP contribution in [0.25, 0.3) is 11.3 Å². The van der Waals surface area contributed by atoms with Crippen LogP contribution in [0.3, 0.4) is 0 Å². The molecule has 1 N–H and O–H groups in total. The molecular formula is C21H18N4O2S2. The van der Waals surface area contributed by atoms with Gasteiger partial charge < -0.3 is 9.84 Å². The molecule has 0 atom stereocenters. The Balaban J connectivity index is 1.50. The molecule has 0 bridgehead atoms. The van der Waals surface area contributed by atoms with E-state index in [-0.39, 0.29) is 5.91 Å². The average molecular weight is 423 g/mol. The van der Waals surface area contributed by atoms with Gasteiger partial charge in [0.25, 0.3) is 5.91 Å². The third kappa shape index (κ3) is 4.72. The molecule has 3 heterocycles. The Bertz CT molecular complexity index is 1150. The van der Waals surface area contributed by atoms with Crippen LogP contribution < -0.4 is 5.32 Å². The third-order valence-corrected chi connectivity index (χ3v) is 5.90. The first-order chi connectivity index (χ1) is 14.1. The second-order valence-corrected chi connectivity index (χ2v) is 8.39. The maximum atomic E-state index is 12.9. The number of aryl methyl sites for hydroxylation is 2. The first-order valence-corrected chi connectivity index (χ1v) is 10.8. The highest BCUT2D eigenvalue weighted by Crippen LogP contribution is 2.27. The summed E-state index contributed by atoms with van der Waals surface area (Å²) in [6.07, 6.45) is 1.68. The molecule has 0 aliphatic heterocycles. The smallest absolute Gasteiger partial charge is 0.258 e. The average Bonchev–Trinajstić information content (AvgIpc) is 3.35. The van der Waals surface area contributed by atoms with E-state index in [1.54, 1.807) is 29.7 Å². The molecule has 4 aromatic rings. The SMILES string of the molecule is Cc1cc(CSc2ncccc2C(=O)Nc2cccc(-c3csc(C)n3)c2)no1. The molecule has 3 aromatic heterocycles. The highest BCUT2D eigenvalue weighted by molar-refractivity contribution is 7.98. The van der Waals surface area contributed by atoms with Gasteiger partial charge in [0.2, 0.25) is 0 Å². The number of hydrogen-bond donors (Lipinski definition) is 1. The lowest BCUT2D eigenvalue weighted by Crippen LogP contribution is -2.13. The molecule has 0 radical (unpaired) electrons. The molecular weight excluding hydrogens is 404 g/mol. The van der Waals surface area contributed by atoms with Crippen molar-refractivity contribution in [3.05, 3.63) is 76.1 Å². The molecule has 0 aliphatic carbocycles. The standard InChI is InChI=1S/C21H18N4O2S2/c1-13-9-17(25-27-13)11-29-21-18(7-4-8-22-21)20(26)24-16-6-3-5-15(10-16)19-12-28-14(2)23-19/h3-10,12H,11H2,1-2H3,(H,24,26). The van der Waals surface area contributed by atoms with Crippen molar-refractivity contribution in [3.8, 4) is 11.3 Å². The summed E-state index contributed by atoms with van der Waals surface area (Å²) in [7, 11) is 0. The number of carbonyl (C=O) groups excluding carboxylic acids is 1. The van der Waals surface area contributed by atoms with E-state index in [2.05, 4.69) is 20.4 Å². The Morgan fingerprint density at radius 1 is 1.21 bits per heavy atom. The summed E-state index contributed by atoms with van der Waals surface area (Å²) < 4.78 is 5.09. The Morgan fingerprint density at radius 3 is 2.86 bits per heavy atom. The van der Waals surface area contributed by atoms with E-state index in [9.17, 15) is 4.79 Å². The number of rotatable bonds is 6. The number of pyridine rings is 1. The van der Waals surface area contributed by atoms with Crippen molar-refractivity contribution < 1.29 is 9.32 Å². The van der Waals surface area contributed by atoms with E-state index in [0.29, 0.717) is 22.0 Å². The van der Waals surface area contributed by atoms with E-state index < -0.39 is 0 Å².